The lowest BCUT2D eigenvalue weighted by Gasteiger charge is -2.13. The van der Waals surface area contributed by atoms with Crippen LogP contribution in [0.25, 0.3) is 0 Å². The van der Waals surface area contributed by atoms with E-state index in [-0.39, 0.29) is 0 Å². The Labute approximate surface area is 153 Å². The molecule has 0 aliphatic heterocycles. The van der Waals surface area contributed by atoms with Crippen molar-refractivity contribution in [2.24, 2.45) is 0 Å². The molecule has 25 heavy (non-hydrogen) atoms. The van der Waals surface area contributed by atoms with E-state index < -0.39 is 0 Å². The van der Waals surface area contributed by atoms with Crippen LogP contribution in [-0.4, -0.2) is 9.97 Å². The van der Waals surface area contributed by atoms with Gasteiger partial charge >= 0.3 is 0 Å². The summed E-state index contributed by atoms with van der Waals surface area (Å²) in [6.07, 6.45) is 0. The zero-order valence-electron chi connectivity index (χ0n) is 14.6. The summed E-state index contributed by atoms with van der Waals surface area (Å²) in [5.41, 5.74) is 5.49. The van der Waals surface area contributed by atoms with Gasteiger partial charge in [-0.15, -0.1) is 0 Å². The summed E-state index contributed by atoms with van der Waals surface area (Å²) in [6.45, 7) is 6.78. The number of hydrogen-bond acceptors (Lipinski definition) is 4. The van der Waals surface area contributed by atoms with Crippen molar-refractivity contribution in [3.8, 4) is 0 Å². The number of hydrogen-bond donors (Lipinski definition) is 2. The number of nitrogens with one attached hydrogen (secondary N) is 2. The number of aryl methyl sites for hydroxylation is 3. The molecular weight excluding hydrogens is 332 g/mol. The monoisotopic (exact) mass is 352 g/mol. The van der Waals surface area contributed by atoms with Crippen molar-refractivity contribution in [2.75, 3.05) is 10.6 Å². The first-order chi connectivity index (χ1) is 12.0. The highest BCUT2D eigenvalue weighted by Crippen LogP contribution is 2.24. The van der Waals surface area contributed by atoms with Crippen molar-refractivity contribution in [2.45, 2.75) is 27.3 Å². The van der Waals surface area contributed by atoms with Crippen LogP contribution in [0.5, 0.6) is 0 Å². The summed E-state index contributed by atoms with van der Waals surface area (Å²) in [7, 11) is 0. The Morgan fingerprint density at radius 2 is 1.60 bits per heavy atom. The van der Waals surface area contributed by atoms with Gasteiger partial charge in [0, 0.05) is 29.0 Å². The van der Waals surface area contributed by atoms with Gasteiger partial charge in [0.1, 0.15) is 5.82 Å². The minimum absolute atomic E-state index is 0.601. The standard InChI is InChI=1S/C20H21ClN4/c1-13-5-4-6-14(2)19(13)24-18-11-15(3)23-20(25-18)22-12-16-7-9-17(21)10-8-16/h4-11H,12H2,1-3H3,(H2,22,23,24,25). The summed E-state index contributed by atoms with van der Waals surface area (Å²) in [4.78, 5) is 9.05. The molecule has 0 unspecified atom stereocenters. The van der Waals surface area contributed by atoms with Crippen LogP contribution in [0.3, 0.4) is 0 Å². The van der Waals surface area contributed by atoms with Gasteiger partial charge in [-0.3, -0.25) is 0 Å². The zero-order chi connectivity index (χ0) is 17.8. The van der Waals surface area contributed by atoms with Crippen LogP contribution in [0.2, 0.25) is 5.02 Å². The molecule has 0 aliphatic rings. The highest BCUT2D eigenvalue weighted by atomic mass is 35.5. The normalized spacial score (nSPS) is 10.6. The molecule has 1 aromatic heterocycles. The van der Waals surface area contributed by atoms with Gasteiger partial charge in [-0.05, 0) is 49.6 Å². The van der Waals surface area contributed by atoms with Crippen molar-refractivity contribution in [1.29, 1.82) is 0 Å². The molecule has 0 aliphatic carbocycles. The second-order valence-electron chi connectivity index (χ2n) is 6.09. The minimum atomic E-state index is 0.601. The molecule has 0 spiro atoms. The fourth-order valence-electron chi connectivity index (χ4n) is 2.63. The number of benzene rings is 2. The highest BCUT2D eigenvalue weighted by molar-refractivity contribution is 6.30. The van der Waals surface area contributed by atoms with Crippen LogP contribution >= 0.6 is 11.6 Å². The van der Waals surface area contributed by atoms with Crippen molar-refractivity contribution in [3.05, 3.63) is 75.9 Å². The van der Waals surface area contributed by atoms with Gasteiger partial charge in [-0.2, -0.15) is 4.98 Å². The second kappa shape index (κ2) is 7.53. The molecule has 2 aromatic carbocycles. The van der Waals surface area contributed by atoms with Gasteiger partial charge in [0.25, 0.3) is 0 Å². The van der Waals surface area contributed by atoms with Crippen molar-refractivity contribution in [1.82, 2.24) is 9.97 Å². The molecule has 3 aromatic rings. The fraction of sp³-hybridized carbons (Fsp3) is 0.200. The Balaban J connectivity index is 1.77. The van der Waals surface area contributed by atoms with Gasteiger partial charge in [0.15, 0.2) is 0 Å². The lowest BCUT2D eigenvalue weighted by molar-refractivity contribution is 1.03. The topological polar surface area (TPSA) is 49.8 Å². The third-order valence-electron chi connectivity index (χ3n) is 3.95. The van der Waals surface area contributed by atoms with Crippen LogP contribution in [0.4, 0.5) is 17.5 Å². The van der Waals surface area contributed by atoms with E-state index in [9.17, 15) is 0 Å². The number of halogens is 1. The smallest absolute Gasteiger partial charge is 0.225 e. The highest BCUT2D eigenvalue weighted by Gasteiger charge is 2.06. The molecule has 0 fully saturated rings. The third kappa shape index (κ3) is 4.48. The Hall–Kier alpha value is -2.59. The van der Waals surface area contributed by atoms with Crippen LogP contribution in [0, 0.1) is 20.8 Å². The largest absolute Gasteiger partial charge is 0.350 e. The maximum Gasteiger partial charge on any atom is 0.225 e. The fourth-order valence-corrected chi connectivity index (χ4v) is 2.76. The molecule has 0 saturated carbocycles. The number of nitrogens with zero attached hydrogens (tertiary/aromatic N) is 2. The van der Waals surface area contributed by atoms with E-state index in [0.29, 0.717) is 12.5 Å². The Morgan fingerprint density at radius 1 is 0.920 bits per heavy atom. The lowest BCUT2D eigenvalue weighted by Crippen LogP contribution is -2.07. The van der Waals surface area contributed by atoms with Crippen molar-refractivity contribution >= 4 is 29.1 Å². The molecule has 2 N–H and O–H groups in total. The predicted molar refractivity (Wildman–Crippen MR) is 105 cm³/mol. The van der Waals surface area contributed by atoms with E-state index in [0.717, 1.165) is 27.8 Å². The van der Waals surface area contributed by atoms with Gasteiger partial charge in [-0.25, -0.2) is 4.98 Å². The summed E-state index contributed by atoms with van der Waals surface area (Å²) < 4.78 is 0. The number of anilines is 3. The van der Waals surface area contributed by atoms with E-state index in [1.165, 1.54) is 11.1 Å². The molecule has 0 amide bonds. The third-order valence-corrected chi connectivity index (χ3v) is 4.20. The maximum atomic E-state index is 5.92. The SMILES string of the molecule is Cc1cc(Nc2c(C)cccc2C)nc(NCc2ccc(Cl)cc2)n1. The number of rotatable bonds is 5. The van der Waals surface area contributed by atoms with Crippen molar-refractivity contribution in [3.63, 3.8) is 0 Å². The minimum Gasteiger partial charge on any atom is -0.350 e. The summed E-state index contributed by atoms with van der Waals surface area (Å²) in [6, 6.07) is 15.9. The molecule has 4 nitrogen and oxygen atoms in total. The van der Waals surface area contributed by atoms with Crippen LogP contribution < -0.4 is 10.6 Å². The van der Waals surface area contributed by atoms with Crippen LogP contribution in [0.15, 0.2) is 48.5 Å². The first-order valence-corrected chi connectivity index (χ1v) is 8.56. The summed E-state index contributed by atoms with van der Waals surface area (Å²) in [5, 5.41) is 7.42. The molecule has 0 radical (unpaired) electrons. The number of para-hydroxylation sites is 1. The van der Waals surface area contributed by atoms with Crippen LogP contribution in [0.1, 0.15) is 22.4 Å². The van der Waals surface area contributed by atoms with E-state index in [2.05, 4.69) is 52.6 Å². The summed E-state index contributed by atoms with van der Waals surface area (Å²) in [5.74, 6) is 1.38. The van der Waals surface area contributed by atoms with Gasteiger partial charge < -0.3 is 10.6 Å². The molecular formula is C20H21ClN4. The molecule has 3 rings (SSSR count). The van der Waals surface area contributed by atoms with Gasteiger partial charge in [0.05, 0.1) is 0 Å². The molecule has 128 valence electrons. The average molecular weight is 353 g/mol. The van der Waals surface area contributed by atoms with E-state index in [1.54, 1.807) is 0 Å². The molecule has 5 heteroatoms. The van der Waals surface area contributed by atoms with E-state index >= 15 is 0 Å². The zero-order valence-corrected chi connectivity index (χ0v) is 15.4. The number of aromatic nitrogens is 2. The van der Waals surface area contributed by atoms with E-state index in [4.69, 9.17) is 11.6 Å². The van der Waals surface area contributed by atoms with Crippen molar-refractivity contribution < 1.29 is 0 Å². The molecule has 0 bridgehead atoms. The predicted octanol–water partition coefficient (Wildman–Crippen LogP) is 5.41. The Bertz CT molecular complexity index is 855. The first kappa shape index (κ1) is 17.2. The quantitative estimate of drug-likeness (QED) is 0.644. The average Bonchev–Trinajstić information content (AvgIpc) is 2.57. The summed E-state index contributed by atoms with van der Waals surface area (Å²) >= 11 is 5.92. The van der Waals surface area contributed by atoms with Gasteiger partial charge in [0.2, 0.25) is 5.95 Å². The molecule has 0 atom stereocenters. The molecule has 0 saturated heterocycles. The second-order valence-corrected chi connectivity index (χ2v) is 6.53. The van der Waals surface area contributed by atoms with Gasteiger partial charge in [-0.1, -0.05) is 41.9 Å². The lowest BCUT2D eigenvalue weighted by atomic mass is 10.1. The van der Waals surface area contributed by atoms with Crippen LogP contribution in [-0.2, 0) is 6.54 Å². The first-order valence-electron chi connectivity index (χ1n) is 8.18. The Morgan fingerprint density at radius 3 is 2.28 bits per heavy atom. The maximum absolute atomic E-state index is 5.92. The van der Waals surface area contributed by atoms with E-state index in [1.807, 2.05) is 37.3 Å². The molecule has 1 heterocycles. The Kier molecular flexibility index (Phi) is 5.19.